The molecule has 1 saturated heterocycles. The first-order valence-corrected chi connectivity index (χ1v) is 10.5. The number of amides is 1. The number of anilines is 1. The molecule has 0 bridgehead atoms. The summed E-state index contributed by atoms with van der Waals surface area (Å²) in [6.07, 6.45) is -1.44. The number of alkyl halides is 3. The van der Waals surface area contributed by atoms with Crippen LogP contribution in [0.25, 0.3) is 5.69 Å². The van der Waals surface area contributed by atoms with Gasteiger partial charge in [0.05, 0.1) is 17.4 Å². The minimum absolute atomic E-state index is 0.139. The summed E-state index contributed by atoms with van der Waals surface area (Å²) in [4.78, 5) is 20.8. The monoisotopic (exact) mass is 455 g/mol. The second-order valence-corrected chi connectivity index (χ2v) is 8.05. The van der Waals surface area contributed by atoms with Gasteiger partial charge in [-0.3, -0.25) is 4.79 Å². The van der Waals surface area contributed by atoms with E-state index >= 15 is 0 Å². The van der Waals surface area contributed by atoms with Gasteiger partial charge >= 0.3 is 6.18 Å². The van der Waals surface area contributed by atoms with Crippen molar-refractivity contribution in [1.82, 2.24) is 19.7 Å². The molecule has 1 amide bonds. The predicted molar refractivity (Wildman–Crippen MR) is 108 cm³/mol. The molecule has 0 N–H and O–H groups in total. The second-order valence-electron chi connectivity index (χ2n) is 6.74. The quantitative estimate of drug-likeness (QED) is 0.589. The van der Waals surface area contributed by atoms with Crippen LogP contribution in [0.4, 0.5) is 18.3 Å². The average Bonchev–Trinajstić information content (AvgIpc) is 3.33. The van der Waals surface area contributed by atoms with E-state index in [0.29, 0.717) is 32.6 Å². The Balaban J connectivity index is 1.62. The summed E-state index contributed by atoms with van der Waals surface area (Å²) < 4.78 is 42.4. The van der Waals surface area contributed by atoms with Crippen molar-refractivity contribution in [3.63, 3.8) is 0 Å². The van der Waals surface area contributed by atoms with Crippen molar-refractivity contribution >= 4 is 34.0 Å². The molecule has 0 atom stereocenters. The molecule has 0 unspecified atom stereocenters. The van der Waals surface area contributed by atoms with Crippen molar-refractivity contribution in [1.29, 1.82) is 0 Å². The molecule has 1 aliphatic heterocycles. The van der Waals surface area contributed by atoms with Gasteiger partial charge < -0.3 is 9.80 Å². The van der Waals surface area contributed by atoms with Crippen LogP contribution in [0.15, 0.2) is 42.0 Å². The summed E-state index contributed by atoms with van der Waals surface area (Å²) >= 11 is 7.41. The SMILES string of the molecule is O=C(c1cnn(-c2cccc(Cl)c2)c1C(F)(F)F)N1CCCN(c2nccs2)CC1. The molecule has 0 spiro atoms. The summed E-state index contributed by atoms with van der Waals surface area (Å²) in [5, 5.41) is 6.84. The first kappa shape index (κ1) is 20.7. The normalized spacial score (nSPS) is 15.3. The van der Waals surface area contributed by atoms with Crippen LogP contribution >= 0.6 is 22.9 Å². The van der Waals surface area contributed by atoms with Gasteiger partial charge in [0.2, 0.25) is 0 Å². The topological polar surface area (TPSA) is 54.3 Å². The van der Waals surface area contributed by atoms with Gasteiger partial charge in [-0.05, 0) is 24.6 Å². The van der Waals surface area contributed by atoms with E-state index in [1.165, 1.54) is 34.4 Å². The van der Waals surface area contributed by atoms with Gasteiger partial charge in [0, 0.05) is 42.8 Å². The molecule has 1 fully saturated rings. The maximum absolute atomic E-state index is 13.9. The Kier molecular flexibility index (Phi) is 5.70. The Morgan fingerprint density at radius 1 is 1.17 bits per heavy atom. The molecule has 1 aromatic carbocycles. The van der Waals surface area contributed by atoms with Crippen molar-refractivity contribution in [2.24, 2.45) is 0 Å². The van der Waals surface area contributed by atoms with Gasteiger partial charge in [-0.1, -0.05) is 17.7 Å². The molecular formula is C19H17ClF3N5OS. The fraction of sp³-hybridized carbons (Fsp3) is 0.316. The molecule has 4 rings (SSSR count). The third-order valence-corrected chi connectivity index (χ3v) is 5.86. The number of hydrogen-bond donors (Lipinski definition) is 0. The van der Waals surface area contributed by atoms with E-state index in [2.05, 4.69) is 10.1 Å². The highest BCUT2D eigenvalue weighted by molar-refractivity contribution is 7.13. The number of rotatable bonds is 3. The van der Waals surface area contributed by atoms with Crippen LogP contribution in [0, 0.1) is 0 Å². The van der Waals surface area contributed by atoms with E-state index in [1.54, 1.807) is 12.3 Å². The molecule has 0 radical (unpaired) electrons. The van der Waals surface area contributed by atoms with Crippen molar-refractivity contribution in [2.45, 2.75) is 12.6 Å². The van der Waals surface area contributed by atoms with Crippen molar-refractivity contribution in [3.05, 3.63) is 58.3 Å². The highest BCUT2D eigenvalue weighted by atomic mass is 35.5. The van der Waals surface area contributed by atoms with E-state index in [9.17, 15) is 18.0 Å². The van der Waals surface area contributed by atoms with Crippen LogP contribution in [0.1, 0.15) is 22.5 Å². The van der Waals surface area contributed by atoms with Crippen LogP contribution < -0.4 is 4.90 Å². The smallest absolute Gasteiger partial charge is 0.346 e. The highest BCUT2D eigenvalue weighted by Gasteiger charge is 2.41. The number of carbonyl (C=O) groups is 1. The standard InChI is InChI=1S/C19H17ClF3N5OS/c20-13-3-1-4-14(11-13)28-16(19(21,22)23)15(12-25-28)17(29)26-6-2-7-27(9-8-26)18-24-5-10-30-18/h1,3-5,10-12H,2,6-9H2. The minimum Gasteiger partial charge on any atom is -0.346 e. The Morgan fingerprint density at radius 2 is 2.00 bits per heavy atom. The fourth-order valence-electron chi connectivity index (χ4n) is 3.44. The van der Waals surface area contributed by atoms with Crippen LogP contribution in [0.2, 0.25) is 5.02 Å². The van der Waals surface area contributed by atoms with E-state index < -0.39 is 23.3 Å². The van der Waals surface area contributed by atoms with Crippen molar-refractivity contribution in [3.8, 4) is 5.69 Å². The second kappa shape index (κ2) is 8.27. The number of aromatic nitrogens is 3. The summed E-state index contributed by atoms with van der Waals surface area (Å²) in [5.74, 6) is -0.684. The molecular weight excluding hydrogens is 439 g/mol. The average molecular weight is 456 g/mol. The molecule has 158 valence electrons. The van der Waals surface area contributed by atoms with Crippen LogP contribution in [-0.2, 0) is 6.18 Å². The predicted octanol–water partition coefficient (Wildman–Crippen LogP) is 4.35. The van der Waals surface area contributed by atoms with Gasteiger partial charge in [-0.25, -0.2) is 9.67 Å². The number of carbonyl (C=O) groups excluding carboxylic acids is 1. The molecule has 0 saturated carbocycles. The van der Waals surface area contributed by atoms with Crippen molar-refractivity contribution < 1.29 is 18.0 Å². The van der Waals surface area contributed by atoms with Gasteiger partial charge in [-0.15, -0.1) is 11.3 Å². The number of benzene rings is 1. The van der Waals surface area contributed by atoms with Gasteiger partial charge in [-0.2, -0.15) is 18.3 Å². The summed E-state index contributed by atoms with van der Waals surface area (Å²) in [5.41, 5.74) is -1.43. The van der Waals surface area contributed by atoms with Gasteiger partial charge in [0.1, 0.15) is 0 Å². The first-order valence-electron chi connectivity index (χ1n) is 9.19. The molecule has 11 heteroatoms. The van der Waals surface area contributed by atoms with E-state index in [0.717, 1.165) is 16.0 Å². The number of hydrogen-bond acceptors (Lipinski definition) is 5. The molecule has 2 aromatic heterocycles. The van der Waals surface area contributed by atoms with Crippen LogP contribution in [0.3, 0.4) is 0 Å². The van der Waals surface area contributed by atoms with Gasteiger partial charge in [0.25, 0.3) is 5.91 Å². The molecule has 0 aliphatic carbocycles. The lowest BCUT2D eigenvalue weighted by Crippen LogP contribution is -2.36. The molecule has 3 aromatic rings. The lowest BCUT2D eigenvalue weighted by Gasteiger charge is -2.22. The van der Waals surface area contributed by atoms with Crippen molar-refractivity contribution in [2.75, 3.05) is 31.1 Å². The fourth-order valence-corrected chi connectivity index (χ4v) is 4.32. The summed E-state index contributed by atoms with van der Waals surface area (Å²) in [6.45, 7) is 1.85. The van der Waals surface area contributed by atoms with E-state index in [-0.39, 0.29) is 10.7 Å². The molecule has 6 nitrogen and oxygen atoms in total. The van der Waals surface area contributed by atoms with Gasteiger partial charge in [0.15, 0.2) is 10.8 Å². The minimum atomic E-state index is -4.76. The van der Waals surface area contributed by atoms with E-state index in [4.69, 9.17) is 11.6 Å². The van der Waals surface area contributed by atoms with E-state index in [1.807, 2.05) is 10.3 Å². The number of halogens is 4. The largest absolute Gasteiger partial charge is 0.434 e. The number of nitrogens with zero attached hydrogens (tertiary/aromatic N) is 5. The Labute approximate surface area is 179 Å². The molecule has 3 heterocycles. The summed E-state index contributed by atoms with van der Waals surface area (Å²) in [7, 11) is 0. The van der Waals surface area contributed by atoms with Crippen LogP contribution in [0.5, 0.6) is 0 Å². The zero-order chi connectivity index (χ0) is 21.3. The maximum atomic E-state index is 13.9. The Hall–Kier alpha value is -2.59. The Morgan fingerprint density at radius 3 is 2.70 bits per heavy atom. The number of thiazole rings is 1. The van der Waals surface area contributed by atoms with Crippen LogP contribution in [-0.4, -0.2) is 51.8 Å². The molecule has 30 heavy (non-hydrogen) atoms. The molecule has 1 aliphatic rings. The lowest BCUT2D eigenvalue weighted by atomic mass is 10.2. The lowest BCUT2D eigenvalue weighted by molar-refractivity contribution is -0.143. The third-order valence-electron chi connectivity index (χ3n) is 4.79. The highest BCUT2D eigenvalue weighted by Crippen LogP contribution is 2.34. The zero-order valence-corrected chi connectivity index (χ0v) is 17.2. The third kappa shape index (κ3) is 4.15. The maximum Gasteiger partial charge on any atom is 0.434 e. The first-order chi connectivity index (χ1) is 14.3. The Bertz CT molecular complexity index is 1040. The zero-order valence-electron chi connectivity index (χ0n) is 15.6. The summed E-state index contributed by atoms with van der Waals surface area (Å²) in [6, 6.07) is 5.92.